The molecule has 0 radical (unpaired) electrons. The number of carbonyl (C=O) groups excluding carboxylic acids is 1. The minimum absolute atomic E-state index is 0.0143. The highest BCUT2D eigenvalue weighted by molar-refractivity contribution is 7.88. The van der Waals surface area contributed by atoms with Crippen LogP contribution in [0.3, 0.4) is 0 Å². The number of rotatable bonds is 6. The number of ether oxygens (including phenoxy) is 1. The van der Waals surface area contributed by atoms with Crippen molar-refractivity contribution < 1.29 is 17.9 Å². The van der Waals surface area contributed by atoms with E-state index in [2.05, 4.69) is 9.46 Å². The summed E-state index contributed by atoms with van der Waals surface area (Å²) in [7, 11) is -2.72. The van der Waals surface area contributed by atoms with Crippen molar-refractivity contribution >= 4 is 16.3 Å². The fraction of sp³-hybridized carbons (Fsp3) is 0.875. The molecule has 0 aromatic heterocycles. The topological polar surface area (TPSA) is 111 Å². The van der Waals surface area contributed by atoms with E-state index >= 15 is 0 Å². The van der Waals surface area contributed by atoms with Gasteiger partial charge in [0.2, 0.25) is 0 Å². The molecular weight excluding hydrogens is 234 g/mol. The van der Waals surface area contributed by atoms with Crippen LogP contribution in [0.25, 0.3) is 0 Å². The molecule has 0 aromatic rings. The molecule has 0 spiro atoms. The predicted octanol–water partition coefficient (Wildman–Crippen LogP) is -0.694. The summed E-state index contributed by atoms with van der Waals surface area (Å²) in [5.74, 6) is 0. The third kappa shape index (κ3) is 3.95. The maximum Gasteiger partial charge on any atom is 0.421 e. The van der Waals surface area contributed by atoms with E-state index < -0.39 is 16.3 Å². The molecule has 8 heteroatoms. The van der Waals surface area contributed by atoms with Crippen molar-refractivity contribution in [2.75, 3.05) is 20.2 Å². The Hall–Kier alpha value is -0.860. The molecular formula is C8H17N3O4S. The number of methoxy groups -OCH3 is 1. The Morgan fingerprint density at radius 2 is 2.12 bits per heavy atom. The number of nitrogens with two attached hydrogens (primary N) is 1. The molecule has 1 fully saturated rings. The molecule has 94 valence electrons. The van der Waals surface area contributed by atoms with E-state index in [-0.39, 0.29) is 5.41 Å². The van der Waals surface area contributed by atoms with E-state index in [4.69, 9.17) is 5.73 Å². The Morgan fingerprint density at radius 3 is 2.56 bits per heavy atom. The van der Waals surface area contributed by atoms with Gasteiger partial charge in [-0.25, -0.2) is 9.52 Å². The minimum atomic E-state index is -3.82. The Labute approximate surface area is 94.9 Å². The third-order valence-electron chi connectivity index (χ3n) is 2.67. The lowest BCUT2D eigenvalue weighted by molar-refractivity contribution is 0.177. The Balaban J connectivity index is 2.39. The van der Waals surface area contributed by atoms with Crippen LogP contribution in [0, 0.1) is 5.41 Å². The van der Waals surface area contributed by atoms with E-state index in [0.29, 0.717) is 13.1 Å². The van der Waals surface area contributed by atoms with Gasteiger partial charge in [0.05, 0.1) is 7.11 Å². The lowest BCUT2D eigenvalue weighted by Gasteiger charge is -2.14. The fourth-order valence-corrected chi connectivity index (χ4v) is 2.30. The van der Waals surface area contributed by atoms with Crippen molar-refractivity contribution in [2.45, 2.75) is 19.3 Å². The molecule has 7 nitrogen and oxygen atoms in total. The largest absolute Gasteiger partial charge is 0.452 e. The van der Waals surface area contributed by atoms with Gasteiger partial charge in [0.1, 0.15) is 0 Å². The molecule has 16 heavy (non-hydrogen) atoms. The van der Waals surface area contributed by atoms with Crippen LogP contribution in [0.15, 0.2) is 0 Å². The molecule has 1 amide bonds. The minimum Gasteiger partial charge on any atom is -0.452 e. The second kappa shape index (κ2) is 4.98. The molecule has 0 bridgehead atoms. The number of hydrogen-bond donors (Lipinski definition) is 3. The van der Waals surface area contributed by atoms with E-state index in [9.17, 15) is 13.2 Å². The zero-order chi connectivity index (χ0) is 12.2. The lowest BCUT2D eigenvalue weighted by Crippen LogP contribution is -2.42. The van der Waals surface area contributed by atoms with Gasteiger partial charge in [0.25, 0.3) is 0 Å². The Morgan fingerprint density at radius 1 is 1.50 bits per heavy atom. The van der Waals surface area contributed by atoms with Crippen LogP contribution in [0.5, 0.6) is 0 Å². The van der Waals surface area contributed by atoms with Crippen LogP contribution >= 0.6 is 0 Å². The quantitative estimate of drug-likeness (QED) is 0.578. The molecule has 0 aromatic carbocycles. The summed E-state index contributed by atoms with van der Waals surface area (Å²) in [6, 6.07) is 0. The number of carbonyl (C=O) groups is 1. The van der Waals surface area contributed by atoms with Crippen LogP contribution in [0.4, 0.5) is 4.79 Å². The number of hydrogen-bond acceptors (Lipinski definition) is 5. The van der Waals surface area contributed by atoms with Crippen molar-refractivity contribution in [2.24, 2.45) is 11.1 Å². The number of amides is 1. The van der Waals surface area contributed by atoms with Crippen molar-refractivity contribution in [3.05, 3.63) is 0 Å². The summed E-state index contributed by atoms with van der Waals surface area (Å²) < 4.78 is 30.9. The average Bonchev–Trinajstić information content (AvgIpc) is 2.96. The van der Waals surface area contributed by atoms with Crippen molar-refractivity contribution in [1.29, 1.82) is 0 Å². The number of nitrogens with one attached hydrogen (secondary N) is 2. The van der Waals surface area contributed by atoms with Gasteiger partial charge < -0.3 is 10.5 Å². The first-order valence-corrected chi connectivity index (χ1v) is 6.47. The zero-order valence-corrected chi connectivity index (χ0v) is 9.97. The van der Waals surface area contributed by atoms with Crippen LogP contribution in [0.1, 0.15) is 19.3 Å². The van der Waals surface area contributed by atoms with Crippen molar-refractivity contribution in [3.63, 3.8) is 0 Å². The normalized spacial score (nSPS) is 17.9. The molecule has 0 heterocycles. The molecule has 1 rings (SSSR count). The van der Waals surface area contributed by atoms with Gasteiger partial charge in [-0.15, -0.1) is 0 Å². The first-order chi connectivity index (χ1) is 7.43. The Bertz CT molecular complexity index is 350. The van der Waals surface area contributed by atoms with Crippen molar-refractivity contribution in [1.82, 2.24) is 9.44 Å². The van der Waals surface area contributed by atoms with Gasteiger partial charge in [-0.05, 0) is 31.2 Å². The summed E-state index contributed by atoms with van der Waals surface area (Å²) in [4.78, 5) is 10.7. The molecule has 0 unspecified atom stereocenters. The van der Waals surface area contributed by atoms with Crippen LogP contribution < -0.4 is 15.2 Å². The maximum atomic E-state index is 11.3. The van der Waals surface area contributed by atoms with E-state index in [1.165, 1.54) is 0 Å². The standard InChI is InChI=1S/C8H17N3O4S/c1-15-7(12)11-16(13,14)10-6-8(2-3-8)4-5-9/h10H,2-6,9H2,1H3,(H,11,12). The smallest absolute Gasteiger partial charge is 0.421 e. The summed E-state index contributed by atoms with van der Waals surface area (Å²) >= 11 is 0. The van der Waals surface area contributed by atoms with E-state index in [1.54, 1.807) is 4.72 Å². The third-order valence-corrected chi connectivity index (χ3v) is 3.63. The predicted molar refractivity (Wildman–Crippen MR) is 57.8 cm³/mol. The molecule has 1 aliphatic rings. The van der Waals surface area contributed by atoms with Gasteiger partial charge in [-0.3, -0.25) is 0 Å². The molecule has 0 atom stereocenters. The first-order valence-electron chi connectivity index (χ1n) is 4.98. The van der Waals surface area contributed by atoms with Gasteiger partial charge in [-0.1, -0.05) is 0 Å². The SMILES string of the molecule is COC(=O)NS(=O)(=O)NCC1(CCN)CC1. The molecule has 1 aliphatic carbocycles. The second-order valence-corrected chi connectivity index (χ2v) is 5.46. The summed E-state index contributed by atoms with van der Waals surface area (Å²) in [5, 5.41) is 0. The highest BCUT2D eigenvalue weighted by Crippen LogP contribution is 2.47. The monoisotopic (exact) mass is 251 g/mol. The van der Waals surface area contributed by atoms with Gasteiger partial charge in [0, 0.05) is 6.54 Å². The molecule has 4 N–H and O–H groups in total. The molecule has 0 saturated heterocycles. The zero-order valence-electron chi connectivity index (χ0n) is 9.15. The highest BCUT2D eigenvalue weighted by Gasteiger charge is 2.42. The maximum absolute atomic E-state index is 11.3. The molecule has 1 saturated carbocycles. The van der Waals surface area contributed by atoms with Gasteiger partial charge in [0.15, 0.2) is 0 Å². The van der Waals surface area contributed by atoms with Crippen LogP contribution in [-0.4, -0.2) is 34.7 Å². The highest BCUT2D eigenvalue weighted by atomic mass is 32.2. The Kier molecular flexibility index (Phi) is 4.11. The summed E-state index contributed by atoms with van der Waals surface area (Å²) in [6.07, 6.45) is 1.71. The molecule has 0 aliphatic heterocycles. The lowest BCUT2D eigenvalue weighted by atomic mass is 10.0. The van der Waals surface area contributed by atoms with Crippen LogP contribution in [-0.2, 0) is 14.9 Å². The summed E-state index contributed by atoms with van der Waals surface area (Å²) in [6.45, 7) is 0.836. The van der Waals surface area contributed by atoms with Gasteiger partial charge in [-0.2, -0.15) is 13.1 Å². The summed E-state index contributed by atoms with van der Waals surface area (Å²) in [5.41, 5.74) is 5.42. The van der Waals surface area contributed by atoms with E-state index in [0.717, 1.165) is 26.4 Å². The van der Waals surface area contributed by atoms with Gasteiger partial charge >= 0.3 is 16.3 Å². The second-order valence-electron chi connectivity index (χ2n) is 3.96. The average molecular weight is 251 g/mol. The van der Waals surface area contributed by atoms with Crippen LogP contribution in [0.2, 0.25) is 0 Å². The van der Waals surface area contributed by atoms with E-state index in [1.807, 2.05) is 0 Å². The fourth-order valence-electron chi connectivity index (χ4n) is 1.43. The van der Waals surface area contributed by atoms with Crippen molar-refractivity contribution in [3.8, 4) is 0 Å². The first kappa shape index (κ1) is 13.2.